The third-order valence-corrected chi connectivity index (χ3v) is 4.80. The van der Waals surface area contributed by atoms with Crippen molar-refractivity contribution in [1.29, 1.82) is 0 Å². The number of nitrogens with two attached hydrogens (primary N) is 1. The fraction of sp³-hybridized carbons (Fsp3) is 0.471. The van der Waals surface area contributed by atoms with Crippen LogP contribution < -0.4 is 5.73 Å². The number of ether oxygens (including phenoxy) is 1. The molecule has 0 amide bonds. The number of aromatic nitrogens is 2. The standard InChI is InChI=1S/C17H18F3N3O4/c18-17(19,20)16(26)27-8-9-1-3-11(4-2-9)23-7-10-5-13(21)12(15(24)25)6-14(10)22-23/h5-7,9,11H,1-4,8,21H2,(H,24,25). The Morgan fingerprint density at radius 2 is 1.93 bits per heavy atom. The number of nitrogens with zero attached hydrogens (tertiary/aromatic N) is 2. The van der Waals surface area contributed by atoms with Gasteiger partial charge in [0.2, 0.25) is 0 Å². The fourth-order valence-electron chi connectivity index (χ4n) is 3.33. The van der Waals surface area contributed by atoms with E-state index in [-0.39, 0.29) is 29.8 Å². The number of carbonyl (C=O) groups is 2. The molecule has 0 radical (unpaired) electrons. The van der Waals surface area contributed by atoms with Gasteiger partial charge >= 0.3 is 18.1 Å². The number of benzene rings is 1. The normalized spacial score (nSPS) is 20.6. The van der Waals surface area contributed by atoms with Crippen LogP contribution in [0.15, 0.2) is 18.3 Å². The van der Waals surface area contributed by atoms with E-state index in [1.54, 1.807) is 16.9 Å². The lowest BCUT2D eigenvalue weighted by atomic mass is 9.86. The Bertz CT molecular complexity index is 870. The summed E-state index contributed by atoms with van der Waals surface area (Å²) < 4.78 is 42.6. The van der Waals surface area contributed by atoms with E-state index < -0.39 is 18.1 Å². The zero-order chi connectivity index (χ0) is 19.8. The van der Waals surface area contributed by atoms with Gasteiger partial charge in [-0.25, -0.2) is 9.59 Å². The van der Waals surface area contributed by atoms with E-state index in [2.05, 4.69) is 9.84 Å². The summed E-state index contributed by atoms with van der Waals surface area (Å²) in [4.78, 5) is 21.9. The van der Waals surface area contributed by atoms with E-state index in [1.165, 1.54) is 6.07 Å². The van der Waals surface area contributed by atoms with Crippen LogP contribution in [0.4, 0.5) is 18.9 Å². The minimum atomic E-state index is -4.97. The number of rotatable bonds is 4. The molecule has 1 saturated carbocycles. The van der Waals surface area contributed by atoms with Crippen molar-refractivity contribution in [2.75, 3.05) is 12.3 Å². The molecule has 7 nitrogen and oxygen atoms in total. The molecule has 1 aliphatic carbocycles. The molecule has 1 aromatic carbocycles. The zero-order valence-corrected chi connectivity index (χ0v) is 14.2. The summed E-state index contributed by atoms with van der Waals surface area (Å²) in [5.41, 5.74) is 6.40. The molecule has 3 rings (SSSR count). The Kier molecular flexibility index (Phi) is 4.99. The molecule has 0 unspecified atom stereocenters. The number of carboxylic acid groups (broad SMARTS) is 1. The third-order valence-electron chi connectivity index (χ3n) is 4.80. The molecular weight excluding hydrogens is 367 g/mol. The number of alkyl halides is 3. The van der Waals surface area contributed by atoms with Crippen LogP contribution in [0.25, 0.3) is 10.9 Å². The number of halogens is 3. The molecule has 0 aliphatic heterocycles. The smallest absolute Gasteiger partial charge is 0.478 e. The van der Waals surface area contributed by atoms with Gasteiger partial charge in [0, 0.05) is 17.3 Å². The number of carboxylic acids is 1. The van der Waals surface area contributed by atoms with E-state index in [0.717, 1.165) is 5.39 Å². The number of hydrogen-bond donors (Lipinski definition) is 2. The Morgan fingerprint density at radius 1 is 1.26 bits per heavy atom. The number of hydrogen-bond acceptors (Lipinski definition) is 5. The largest absolute Gasteiger partial charge is 0.490 e. The van der Waals surface area contributed by atoms with Crippen LogP contribution in [0.5, 0.6) is 0 Å². The second-order valence-electron chi connectivity index (χ2n) is 6.68. The van der Waals surface area contributed by atoms with Gasteiger partial charge in [-0.2, -0.15) is 18.3 Å². The van der Waals surface area contributed by atoms with E-state index in [9.17, 15) is 22.8 Å². The van der Waals surface area contributed by atoms with E-state index >= 15 is 0 Å². The van der Waals surface area contributed by atoms with Crippen molar-refractivity contribution in [3.63, 3.8) is 0 Å². The van der Waals surface area contributed by atoms with Crippen LogP contribution in [0.2, 0.25) is 0 Å². The number of anilines is 1. The molecule has 1 fully saturated rings. The maximum absolute atomic E-state index is 12.2. The number of fused-ring (bicyclic) bond motifs is 1. The second-order valence-corrected chi connectivity index (χ2v) is 6.68. The molecule has 0 spiro atoms. The first-order valence-corrected chi connectivity index (χ1v) is 8.40. The molecule has 2 aromatic rings. The lowest BCUT2D eigenvalue weighted by molar-refractivity contribution is -0.201. The summed E-state index contributed by atoms with van der Waals surface area (Å²) in [5.74, 6) is -3.40. The highest BCUT2D eigenvalue weighted by Gasteiger charge is 2.41. The number of nitrogen functional groups attached to an aromatic ring is 1. The number of aromatic carboxylic acids is 1. The summed E-state index contributed by atoms with van der Waals surface area (Å²) >= 11 is 0. The average Bonchev–Trinajstić information content (AvgIpc) is 3.01. The van der Waals surface area contributed by atoms with Gasteiger partial charge in [0.1, 0.15) is 0 Å². The minimum absolute atomic E-state index is 0.0112. The van der Waals surface area contributed by atoms with Gasteiger partial charge in [0.15, 0.2) is 0 Å². The van der Waals surface area contributed by atoms with Crippen molar-refractivity contribution in [2.24, 2.45) is 5.92 Å². The lowest BCUT2D eigenvalue weighted by Crippen LogP contribution is -2.29. The van der Waals surface area contributed by atoms with Crippen LogP contribution in [-0.2, 0) is 9.53 Å². The van der Waals surface area contributed by atoms with Crippen LogP contribution in [0, 0.1) is 5.92 Å². The first kappa shape index (κ1) is 19.0. The van der Waals surface area contributed by atoms with Crippen molar-refractivity contribution in [2.45, 2.75) is 37.9 Å². The molecule has 1 heterocycles. The van der Waals surface area contributed by atoms with Crippen LogP contribution in [0.3, 0.4) is 0 Å². The average molecular weight is 385 g/mol. The molecule has 10 heteroatoms. The van der Waals surface area contributed by atoms with Gasteiger partial charge < -0.3 is 15.6 Å². The molecule has 0 atom stereocenters. The molecule has 27 heavy (non-hydrogen) atoms. The van der Waals surface area contributed by atoms with E-state index in [1.807, 2.05) is 0 Å². The lowest BCUT2D eigenvalue weighted by Gasteiger charge is -2.28. The topological polar surface area (TPSA) is 107 Å². The quantitative estimate of drug-likeness (QED) is 0.618. The zero-order valence-electron chi connectivity index (χ0n) is 14.2. The number of esters is 1. The summed E-state index contributed by atoms with van der Waals surface area (Å²) in [6.07, 6.45) is -0.634. The van der Waals surface area contributed by atoms with Gasteiger partial charge in [0.25, 0.3) is 0 Å². The van der Waals surface area contributed by atoms with Gasteiger partial charge in [0.05, 0.1) is 23.7 Å². The monoisotopic (exact) mass is 385 g/mol. The third kappa shape index (κ3) is 4.15. The highest BCUT2D eigenvalue weighted by molar-refractivity contribution is 5.99. The maximum Gasteiger partial charge on any atom is 0.490 e. The Hall–Kier alpha value is -2.78. The van der Waals surface area contributed by atoms with Crippen molar-refractivity contribution < 1.29 is 32.6 Å². The number of carbonyl (C=O) groups excluding carboxylic acids is 1. The molecule has 1 aliphatic rings. The SMILES string of the molecule is Nc1cc2cn(C3CCC(COC(=O)C(F)(F)F)CC3)nc2cc1C(=O)O. The molecule has 0 bridgehead atoms. The summed E-state index contributed by atoms with van der Waals surface area (Å²) in [5, 5.41) is 14.3. The van der Waals surface area contributed by atoms with Crippen molar-refractivity contribution in [3.8, 4) is 0 Å². The van der Waals surface area contributed by atoms with Gasteiger partial charge in [-0.1, -0.05) is 0 Å². The fourth-order valence-corrected chi connectivity index (χ4v) is 3.33. The summed E-state index contributed by atoms with van der Waals surface area (Å²) in [6, 6.07) is 3.03. The Morgan fingerprint density at radius 3 is 2.52 bits per heavy atom. The summed E-state index contributed by atoms with van der Waals surface area (Å²) in [6.45, 7) is -0.245. The van der Waals surface area contributed by atoms with E-state index in [4.69, 9.17) is 10.8 Å². The molecular formula is C17H18F3N3O4. The maximum atomic E-state index is 12.2. The van der Waals surface area contributed by atoms with Gasteiger partial charge in [-0.15, -0.1) is 0 Å². The van der Waals surface area contributed by atoms with Crippen molar-refractivity contribution in [1.82, 2.24) is 9.78 Å². The Labute approximate surface area is 151 Å². The van der Waals surface area contributed by atoms with Gasteiger partial charge in [-0.05, 0) is 43.7 Å². The predicted molar refractivity (Wildman–Crippen MR) is 89.1 cm³/mol. The van der Waals surface area contributed by atoms with Crippen molar-refractivity contribution >= 4 is 28.5 Å². The highest BCUT2D eigenvalue weighted by Crippen LogP contribution is 2.33. The highest BCUT2D eigenvalue weighted by atomic mass is 19.4. The molecule has 0 saturated heterocycles. The van der Waals surface area contributed by atoms with Gasteiger partial charge in [-0.3, -0.25) is 4.68 Å². The Balaban J connectivity index is 1.62. The first-order chi connectivity index (χ1) is 12.6. The molecule has 146 valence electrons. The minimum Gasteiger partial charge on any atom is -0.478 e. The van der Waals surface area contributed by atoms with Crippen molar-refractivity contribution in [3.05, 3.63) is 23.9 Å². The predicted octanol–water partition coefficient (Wildman–Crippen LogP) is 3.15. The molecule has 3 N–H and O–H groups in total. The van der Waals surface area contributed by atoms with E-state index in [0.29, 0.717) is 31.2 Å². The van der Waals surface area contributed by atoms with Crippen LogP contribution in [-0.4, -0.2) is 39.6 Å². The molecule has 1 aromatic heterocycles. The van der Waals surface area contributed by atoms with Crippen LogP contribution in [0.1, 0.15) is 42.1 Å². The second kappa shape index (κ2) is 7.09. The van der Waals surface area contributed by atoms with Crippen LogP contribution >= 0.6 is 0 Å². The first-order valence-electron chi connectivity index (χ1n) is 8.40. The summed E-state index contributed by atoms with van der Waals surface area (Å²) in [7, 11) is 0.